The highest BCUT2D eigenvalue weighted by Crippen LogP contribution is 2.27. The van der Waals surface area contributed by atoms with Gasteiger partial charge in [-0.15, -0.1) is 5.10 Å². The molecule has 3 N–H and O–H groups in total. The van der Waals surface area contributed by atoms with E-state index >= 15 is 0 Å². The number of amides is 4. The quantitative estimate of drug-likeness (QED) is 0.362. The second-order valence-electron chi connectivity index (χ2n) is 14.5. The average Bonchev–Trinajstić information content (AvgIpc) is 3.78. The van der Waals surface area contributed by atoms with Crippen LogP contribution in [0.2, 0.25) is 0 Å². The predicted octanol–water partition coefficient (Wildman–Crippen LogP) is 3.18. The van der Waals surface area contributed by atoms with Crippen LogP contribution in [-0.2, 0) is 34.0 Å². The summed E-state index contributed by atoms with van der Waals surface area (Å²) in [6.45, 7) is 4.36. The molecule has 0 aliphatic carbocycles. The minimum Gasteiger partial charge on any atom is -0.486 e. The van der Waals surface area contributed by atoms with Gasteiger partial charge in [0, 0.05) is 58.0 Å². The molecule has 54 heavy (non-hydrogen) atoms. The third-order valence-corrected chi connectivity index (χ3v) is 9.77. The van der Waals surface area contributed by atoms with Gasteiger partial charge in [0.25, 0.3) is 5.91 Å². The van der Waals surface area contributed by atoms with Gasteiger partial charge in [-0.05, 0) is 42.9 Å². The van der Waals surface area contributed by atoms with Gasteiger partial charge in [-0.1, -0.05) is 50.8 Å². The average molecular weight is 753 g/mol. The van der Waals surface area contributed by atoms with E-state index in [-0.39, 0.29) is 55.6 Å². The normalized spacial score (nSPS) is 23.0. The Hall–Kier alpha value is -4.99. The van der Waals surface area contributed by atoms with Crippen molar-refractivity contribution in [1.82, 2.24) is 40.4 Å². The maximum Gasteiger partial charge on any atom is 0.255 e. The Kier molecular flexibility index (Phi) is 14.0. The van der Waals surface area contributed by atoms with Crippen molar-refractivity contribution in [3.8, 4) is 5.75 Å². The number of carbonyl (C=O) groups excluding carboxylic acids is 4. The number of aromatic nitrogens is 4. The molecule has 16 heteroatoms. The summed E-state index contributed by atoms with van der Waals surface area (Å²) in [5, 5.41) is 24.6. The molecule has 2 aliphatic heterocycles. The van der Waals surface area contributed by atoms with Gasteiger partial charge in [0.2, 0.25) is 17.7 Å². The molecule has 0 saturated carbocycles. The van der Waals surface area contributed by atoms with E-state index in [0.29, 0.717) is 24.8 Å². The molecule has 292 valence electrons. The number of aliphatic hydroxyl groups is 1. The Labute approximate surface area is 313 Å². The van der Waals surface area contributed by atoms with E-state index in [4.69, 9.17) is 4.74 Å². The molecular weight excluding hydrogens is 702 g/mol. The molecule has 2 aromatic heterocycles. The van der Waals surface area contributed by atoms with Crippen LogP contribution in [-0.4, -0.2) is 103 Å². The number of pyridine rings is 1. The molecule has 0 unspecified atom stereocenters. The lowest BCUT2D eigenvalue weighted by Gasteiger charge is -2.34. The summed E-state index contributed by atoms with van der Waals surface area (Å²) in [6.07, 6.45) is 9.54. The van der Waals surface area contributed by atoms with Crippen LogP contribution >= 0.6 is 0 Å². The number of rotatable bonds is 4. The molecular formula is C38H50F2N8O6. The molecule has 4 amide bonds. The molecule has 2 bridgehead atoms. The number of hydrogen-bond acceptors (Lipinski definition) is 9. The van der Waals surface area contributed by atoms with Gasteiger partial charge >= 0.3 is 0 Å². The van der Waals surface area contributed by atoms with Crippen molar-refractivity contribution in [2.45, 2.75) is 109 Å². The Morgan fingerprint density at radius 3 is 2.50 bits per heavy atom. The van der Waals surface area contributed by atoms with Crippen molar-refractivity contribution in [1.29, 1.82) is 0 Å². The fourth-order valence-corrected chi connectivity index (χ4v) is 6.88. The standard InChI is InChI=1S/C38H50F2N8O6/c1-24(2)15-31-37(52)48-22-27(49)17-33(48)38(53)46(3)32(16-25-11-10-12-41-20-25)36(51)42-13-8-6-4-5-7-9-14-47-21-26(44-45-47)23-54-34-19-30(40)29(39)18-28(34)35(50)43-31/h10-12,18-21,24,27,31-33,49H,4-9,13-17,22-23H2,1-3H3,(H,42,51)(H,43,50)/t27-,31+,32-,33+/m0/s1. The van der Waals surface area contributed by atoms with E-state index in [0.717, 1.165) is 50.2 Å². The van der Waals surface area contributed by atoms with Gasteiger partial charge in [0.05, 0.1) is 17.9 Å². The van der Waals surface area contributed by atoms with E-state index in [1.807, 2.05) is 19.9 Å². The molecule has 1 aromatic carbocycles. The van der Waals surface area contributed by atoms with E-state index < -0.39 is 53.6 Å². The summed E-state index contributed by atoms with van der Waals surface area (Å²) >= 11 is 0. The zero-order valence-corrected chi connectivity index (χ0v) is 31.0. The number of fused-ring (bicyclic) bond motifs is 4. The van der Waals surface area contributed by atoms with Gasteiger partial charge in [-0.2, -0.15) is 0 Å². The Morgan fingerprint density at radius 2 is 1.76 bits per heavy atom. The number of halogens is 2. The fraction of sp³-hybridized carbons (Fsp3) is 0.553. The van der Waals surface area contributed by atoms with Gasteiger partial charge in [0.15, 0.2) is 11.6 Å². The summed E-state index contributed by atoms with van der Waals surface area (Å²) in [4.78, 5) is 62.6. The van der Waals surface area contributed by atoms with Crippen molar-refractivity contribution in [2.24, 2.45) is 5.92 Å². The number of aliphatic hydroxyl groups excluding tert-OH is 1. The highest BCUT2D eigenvalue weighted by molar-refractivity contribution is 6.00. The van der Waals surface area contributed by atoms with Crippen LogP contribution < -0.4 is 15.4 Å². The lowest BCUT2D eigenvalue weighted by atomic mass is 10.0. The number of likely N-dealkylation sites (N-methyl/N-ethyl adjacent to an activating group) is 1. The molecule has 1 fully saturated rings. The monoisotopic (exact) mass is 752 g/mol. The largest absolute Gasteiger partial charge is 0.486 e. The van der Waals surface area contributed by atoms with E-state index in [9.17, 15) is 33.1 Å². The second-order valence-corrected chi connectivity index (χ2v) is 14.5. The summed E-state index contributed by atoms with van der Waals surface area (Å²) in [5.41, 5.74) is 0.805. The zero-order valence-electron chi connectivity index (χ0n) is 31.0. The van der Waals surface area contributed by atoms with E-state index in [2.05, 4.69) is 25.9 Å². The Bertz CT molecular complexity index is 1760. The maximum absolute atomic E-state index is 14.6. The number of benzene rings is 1. The van der Waals surface area contributed by atoms with E-state index in [1.54, 1.807) is 29.3 Å². The topological polar surface area (TPSA) is 172 Å². The summed E-state index contributed by atoms with van der Waals surface area (Å²) in [6, 6.07) is 1.74. The Morgan fingerprint density at radius 1 is 1.02 bits per heavy atom. The molecule has 5 rings (SSSR count). The van der Waals surface area contributed by atoms with Crippen LogP contribution in [0.15, 0.2) is 42.9 Å². The molecule has 0 radical (unpaired) electrons. The Balaban J connectivity index is 1.44. The molecule has 3 aromatic rings. The lowest BCUT2D eigenvalue weighted by Crippen LogP contribution is -2.57. The zero-order chi connectivity index (χ0) is 38.8. The van der Waals surface area contributed by atoms with Crippen LogP contribution in [0.5, 0.6) is 5.75 Å². The fourth-order valence-electron chi connectivity index (χ4n) is 6.88. The van der Waals surface area contributed by atoms with Crippen LogP contribution in [0.4, 0.5) is 8.78 Å². The summed E-state index contributed by atoms with van der Waals surface area (Å²) < 4.78 is 36.5. The number of hydrogen-bond donors (Lipinski definition) is 3. The maximum atomic E-state index is 14.6. The molecule has 0 spiro atoms. The molecule has 4 atom stereocenters. The minimum absolute atomic E-state index is 0.0791. The minimum atomic E-state index is -1.29. The van der Waals surface area contributed by atoms with Crippen LogP contribution in [0, 0.1) is 17.6 Å². The van der Waals surface area contributed by atoms with Crippen LogP contribution in [0.25, 0.3) is 0 Å². The van der Waals surface area contributed by atoms with Gasteiger partial charge in [-0.25, -0.2) is 8.78 Å². The van der Waals surface area contributed by atoms with Crippen molar-refractivity contribution in [3.63, 3.8) is 0 Å². The van der Waals surface area contributed by atoms with Crippen molar-refractivity contribution in [3.05, 3.63) is 71.3 Å². The molecule has 2 aliphatic rings. The molecule has 14 nitrogen and oxygen atoms in total. The summed E-state index contributed by atoms with van der Waals surface area (Å²) in [5.74, 6) is -5.35. The van der Waals surface area contributed by atoms with Gasteiger partial charge < -0.3 is 30.3 Å². The van der Waals surface area contributed by atoms with Crippen LogP contribution in [0.3, 0.4) is 0 Å². The third kappa shape index (κ3) is 10.6. The number of ether oxygens (including phenoxy) is 1. The number of carbonyl (C=O) groups is 4. The van der Waals surface area contributed by atoms with E-state index in [1.165, 1.54) is 16.8 Å². The smallest absolute Gasteiger partial charge is 0.255 e. The van der Waals surface area contributed by atoms with Crippen molar-refractivity contribution < 1.29 is 37.8 Å². The first-order valence-electron chi connectivity index (χ1n) is 18.6. The highest BCUT2D eigenvalue weighted by Gasteiger charge is 2.44. The second kappa shape index (κ2) is 18.9. The summed E-state index contributed by atoms with van der Waals surface area (Å²) in [7, 11) is 1.50. The van der Waals surface area contributed by atoms with Gasteiger partial charge in [0.1, 0.15) is 36.2 Å². The first kappa shape index (κ1) is 40.2. The van der Waals surface area contributed by atoms with Crippen LogP contribution in [0.1, 0.15) is 86.8 Å². The first-order chi connectivity index (χ1) is 25.9. The highest BCUT2D eigenvalue weighted by atomic mass is 19.2. The number of nitrogens with zero attached hydrogens (tertiary/aromatic N) is 6. The van der Waals surface area contributed by atoms with Gasteiger partial charge in [-0.3, -0.25) is 28.8 Å². The predicted molar refractivity (Wildman–Crippen MR) is 193 cm³/mol. The number of aryl methyl sites for hydroxylation is 1. The third-order valence-electron chi connectivity index (χ3n) is 9.77. The number of nitrogens with one attached hydrogen (secondary N) is 2. The first-order valence-corrected chi connectivity index (χ1v) is 18.6. The van der Waals surface area contributed by atoms with Crippen molar-refractivity contribution >= 4 is 23.6 Å². The SMILES string of the molecule is CC(C)C[C@H]1NC(=O)c2cc(F)c(F)cc2OCc2cn(nn2)CCCCCCCCNC(=O)[C@H](Cc2cccnc2)N(C)C(=O)[C@H]2C[C@H](O)CN2C1=O. The molecule has 4 heterocycles. The van der Waals surface area contributed by atoms with Crippen molar-refractivity contribution in [2.75, 3.05) is 20.1 Å². The molecule has 1 saturated heterocycles. The lowest BCUT2D eigenvalue weighted by molar-refractivity contribution is -0.147.